The molecule has 4 rings (SSSR count). The van der Waals surface area contributed by atoms with Crippen molar-refractivity contribution in [3.8, 4) is 6.07 Å². The van der Waals surface area contributed by atoms with E-state index in [4.69, 9.17) is 5.26 Å². The average Bonchev–Trinajstić information content (AvgIpc) is 2.88. The molecule has 108 valence electrons. The molecule has 0 spiro atoms. The molecule has 1 saturated heterocycles. The lowest BCUT2D eigenvalue weighted by molar-refractivity contribution is -0.133. The minimum atomic E-state index is 0.0955. The van der Waals surface area contributed by atoms with E-state index in [2.05, 4.69) is 21.0 Å². The predicted molar refractivity (Wildman–Crippen MR) is 81.1 cm³/mol. The second-order valence-electron chi connectivity index (χ2n) is 5.61. The average molecular weight is 291 g/mol. The molecule has 0 radical (unpaired) electrons. The van der Waals surface area contributed by atoms with Crippen LogP contribution in [0.5, 0.6) is 0 Å². The number of fused-ring (bicyclic) bond motifs is 3. The molecule has 3 heterocycles. The Morgan fingerprint density at radius 1 is 1.45 bits per heavy atom. The van der Waals surface area contributed by atoms with E-state index in [9.17, 15) is 4.79 Å². The van der Waals surface area contributed by atoms with Crippen LogP contribution in [0.1, 0.15) is 24.2 Å². The predicted octanol–water partition coefficient (Wildman–Crippen LogP) is 1.93. The smallest absolute Gasteiger partial charge is 0.219 e. The minimum Gasteiger partial charge on any atom is -0.341 e. The van der Waals surface area contributed by atoms with Crippen LogP contribution >= 0.6 is 0 Å². The summed E-state index contributed by atoms with van der Waals surface area (Å²) in [4.78, 5) is 25.4. The quantitative estimate of drug-likeness (QED) is 0.742. The maximum Gasteiger partial charge on any atom is 0.219 e. The molecule has 1 aliphatic heterocycles. The minimum absolute atomic E-state index is 0.0955. The number of rotatable bonds is 1. The summed E-state index contributed by atoms with van der Waals surface area (Å²) in [7, 11) is 0. The van der Waals surface area contributed by atoms with Gasteiger partial charge in [-0.2, -0.15) is 5.26 Å². The zero-order valence-electron chi connectivity index (χ0n) is 12.0. The monoisotopic (exact) mass is 291 g/mol. The van der Waals surface area contributed by atoms with E-state index in [1.165, 1.54) is 0 Å². The van der Waals surface area contributed by atoms with Crippen molar-refractivity contribution in [1.29, 1.82) is 5.26 Å². The van der Waals surface area contributed by atoms with Crippen LogP contribution in [0.2, 0.25) is 0 Å². The van der Waals surface area contributed by atoms with Gasteiger partial charge in [0.05, 0.1) is 40.3 Å². The highest BCUT2D eigenvalue weighted by atomic mass is 16.2. The Bertz CT molecular complexity index is 946. The molecule has 6 heteroatoms. The summed E-state index contributed by atoms with van der Waals surface area (Å²) in [5.74, 6) is 1.22. The summed E-state index contributed by atoms with van der Waals surface area (Å²) in [5, 5.41) is 9.93. The normalized spacial score (nSPS) is 15.0. The molecule has 1 aliphatic rings. The zero-order valence-corrected chi connectivity index (χ0v) is 12.0. The Balaban J connectivity index is 1.79. The Labute approximate surface area is 126 Å². The standard InChI is InChI=1S/C16H13N5O/c1-9(22)21-7-11(8-21)16-19-14-6-18-13-3-2-10(5-17)4-12(13)15(14)20-16/h2-4,6,11H,7-8H2,1H3,(H,19,20). The van der Waals surface area contributed by atoms with Crippen molar-refractivity contribution in [1.82, 2.24) is 19.9 Å². The van der Waals surface area contributed by atoms with E-state index in [0.29, 0.717) is 18.7 Å². The van der Waals surface area contributed by atoms with Gasteiger partial charge in [-0.1, -0.05) is 0 Å². The van der Waals surface area contributed by atoms with Crippen LogP contribution in [0.15, 0.2) is 24.4 Å². The van der Waals surface area contributed by atoms with E-state index in [1.807, 2.05) is 12.1 Å². The van der Waals surface area contributed by atoms with Crippen LogP contribution < -0.4 is 0 Å². The molecule has 0 bridgehead atoms. The second kappa shape index (κ2) is 4.53. The number of benzene rings is 1. The van der Waals surface area contributed by atoms with Crippen molar-refractivity contribution in [3.63, 3.8) is 0 Å². The first kappa shape index (κ1) is 12.8. The Morgan fingerprint density at radius 3 is 3.00 bits per heavy atom. The molecule has 0 aliphatic carbocycles. The van der Waals surface area contributed by atoms with Crippen molar-refractivity contribution < 1.29 is 4.79 Å². The van der Waals surface area contributed by atoms with E-state index in [0.717, 1.165) is 27.8 Å². The maximum absolute atomic E-state index is 11.3. The number of aromatic amines is 1. The maximum atomic E-state index is 11.3. The fourth-order valence-corrected chi connectivity index (χ4v) is 2.85. The summed E-state index contributed by atoms with van der Waals surface area (Å²) in [5.41, 5.74) is 3.11. The van der Waals surface area contributed by atoms with Gasteiger partial charge in [0, 0.05) is 25.4 Å². The van der Waals surface area contributed by atoms with Crippen LogP contribution in [-0.2, 0) is 4.79 Å². The molecule has 3 aromatic rings. The third kappa shape index (κ3) is 1.83. The first-order chi connectivity index (χ1) is 10.7. The van der Waals surface area contributed by atoms with Gasteiger partial charge < -0.3 is 9.88 Å². The molecule has 1 N–H and O–H groups in total. The van der Waals surface area contributed by atoms with Crippen molar-refractivity contribution >= 4 is 27.8 Å². The number of hydrogen-bond donors (Lipinski definition) is 1. The van der Waals surface area contributed by atoms with Gasteiger partial charge in [-0.25, -0.2) is 4.98 Å². The van der Waals surface area contributed by atoms with Gasteiger partial charge in [0.15, 0.2) is 0 Å². The molecule has 0 saturated carbocycles. The number of pyridine rings is 1. The first-order valence-electron chi connectivity index (χ1n) is 7.09. The molecular weight excluding hydrogens is 278 g/mol. The van der Waals surface area contributed by atoms with Crippen LogP contribution in [0.3, 0.4) is 0 Å². The van der Waals surface area contributed by atoms with Gasteiger partial charge in [-0.3, -0.25) is 9.78 Å². The van der Waals surface area contributed by atoms with E-state index in [1.54, 1.807) is 24.1 Å². The molecule has 0 unspecified atom stereocenters. The summed E-state index contributed by atoms with van der Waals surface area (Å²) < 4.78 is 0. The SMILES string of the molecule is CC(=O)N1CC(c2nc3c(cnc4ccc(C#N)cc43)[nH]2)C1. The molecule has 1 fully saturated rings. The molecule has 0 atom stereocenters. The highest BCUT2D eigenvalue weighted by Gasteiger charge is 2.32. The van der Waals surface area contributed by atoms with Crippen LogP contribution in [0.4, 0.5) is 0 Å². The number of H-pyrrole nitrogens is 1. The van der Waals surface area contributed by atoms with Gasteiger partial charge in [0.25, 0.3) is 0 Å². The van der Waals surface area contributed by atoms with Gasteiger partial charge in [0.2, 0.25) is 5.91 Å². The van der Waals surface area contributed by atoms with Crippen LogP contribution in [-0.4, -0.2) is 38.8 Å². The van der Waals surface area contributed by atoms with Crippen molar-refractivity contribution in [2.24, 2.45) is 0 Å². The second-order valence-corrected chi connectivity index (χ2v) is 5.61. The highest BCUT2D eigenvalue weighted by Crippen LogP contribution is 2.29. The number of hydrogen-bond acceptors (Lipinski definition) is 4. The number of nitrogens with one attached hydrogen (secondary N) is 1. The lowest BCUT2D eigenvalue weighted by Crippen LogP contribution is -2.47. The molecule has 2 aromatic heterocycles. The van der Waals surface area contributed by atoms with Crippen molar-refractivity contribution in [2.75, 3.05) is 13.1 Å². The molecule has 22 heavy (non-hydrogen) atoms. The van der Waals surface area contributed by atoms with E-state index < -0.39 is 0 Å². The Kier molecular flexibility index (Phi) is 2.63. The van der Waals surface area contributed by atoms with Gasteiger partial charge in [-0.05, 0) is 18.2 Å². The number of carbonyl (C=O) groups excluding carboxylic acids is 1. The van der Waals surface area contributed by atoms with Gasteiger partial charge in [-0.15, -0.1) is 0 Å². The molecule has 1 aromatic carbocycles. The first-order valence-corrected chi connectivity index (χ1v) is 7.09. The van der Waals surface area contributed by atoms with E-state index in [-0.39, 0.29) is 11.8 Å². The summed E-state index contributed by atoms with van der Waals surface area (Å²) in [6, 6.07) is 7.55. The fraction of sp³-hybridized carbons (Fsp3) is 0.250. The number of amides is 1. The summed E-state index contributed by atoms with van der Waals surface area (Å²) in [6.07, 6.45) is 1.77. The van der Waals surface area contributed by atoms with Crippen molar-refractivity contribution in [2.45, 2.75) is 12.8 Å². The summed E-state index contributed by atoms with van der Waals surface area (Å²) >= 11 is 0. The third-order valence-electron chi connectivity index (χ3n) is 4.18. The van der Waals surface area contributed by atoms with Gasteiger partial charge >= 0.3 is 0 Å². The number of likely N-dealkylation sites (tertiary alicyclic amines) is 1. The lowest BCUT2D eigenvalue weighted by Gasteiger charge is -2.37. The zero-order chi connectivity index (χ0) is 15.3. The Morgan fingerprint density at radius 2 is 2.27 bits per heavy atom. The topological polar surface area (TPSA) is 85.7 Å². The number of nitrogens with zero attached hydrogens (tertiary/aromatic N) is 4. The lowest BCUT2D eigenvalue weighted by atomic mass is 10.00. The largest absolute Gasteiger partial charge is 0.341 e. The van der Waals surface area contributed by atoms with Crippen LogP contribution in [0.25, 0.3) is 21.9 Å². The fourth-order valence-electron chi connectivity index (χ4n) is 2.85. The van der Waals surface area contributed by atoms with Gasteiger partial charge in [0.1, 0.15) is 5.82 Å². The highest BCUT2D eigenvalue weighted by molar-refractivity contribution is 6.02. The number of aromatic nitrogens is 3. The number of carbonyl (C=O) groups is 1. The van der Waals surface area contributed by atoms with Crippen molar-refractivity contribution in [3.05, 3.63) is 35.8 Å². The molecular formula is C16H13N5O. The number of nitriles is 1. The third-order valence-corrected chi connectivity index (χ3v) is 4.18. The summed E-state index contributed by atoms with van der Waals surface area (Å²) in [6.45, 7) is 2.98. The molecule has 1 amide bonds. The number of imidazole rings is 1. The van der Waals surface area contributed by atoms with Crippen LogP contribution in [0, 0.1) is 11.3 Å². The molecule has 6 nitrogen and oxygen atoms in total. The van der Waals surface area contributed by atoms with E-state index >= 15 is 0 Å². The Hall–Kier alpha value is -2.94.